The zero-order valence-corrected chi connectivity index (χ0v) is 9.84. The third kappa shape index (κ3) is 4.22. The van der Waals surface area contributed by atoms with Crippen LogP contribution in [0.4, 0.5) is 0 Å². The second-order valence-electron chi connectivity index (χ2n) is 3.78. The molecule has 0 saturated heterocycles. The normalized spacial score (nSPS) is 11.9. The molecule has 5 heteroatoms. The minimum absolute atomic E-state index is 0.0270. The molecule has 1 rings (SSSR count). The highest BCUT2D eigenvalue weighted by Crippen LogP contribution is 2.22. The number of carbonyl (C=O) groups is 2. The Kier molecular flexibility index (Phi) is 4.63. The van der Waals surface area contributed by atoms with Crippen molar-refractivity contribution in [2.45, 2.75) is 25.7 Å². The molecule has 0 aliphatic rings. The van der Waals surface area contributed by atoms with Gasteiger partial charge in [-0.2, -0.15) is 0 Å². The molecule has 1 heterocycles. The van der Waals surface area contributed by atoms with Crippen LogP contribution in [0.1, 0.15) is 30.1 Å². The molecule has 1 unspecified atom stereocenters. The largest absolute Gasteiger partial charge is 0.481 e. The summed E-state index contributed by atoms with van der Waals surface area (Å²) in [6.45, 7) is 1.82. The SMILES string of the molecule is COC(=O)CC(CC(=O)O)c1cccc(C)n1. The Morgan fingerprint density at radius 1 is 1.41 bits per heavy atom. The summed E-state index contributed by atoms with van der Waals surface area (Å²) < 4.78 is 4.55. The van der Waals surface area contributed by atoms with Gasteiger partial charge in [0.05, 0.1) is 20.0 Å². The Hall–Kier alpha value is -1.91. The third-order valence-corrected chi connectivity index (χ3v) is 2.39. The lowest BCUT2D eigenvalue weighted by molar-refractivity contribution is -0.141. The zero-order chi connectivity index (χ0) is 12.8. The molecule has 1 aromatic heterocycles. The monoisotopic (exact) mass is 237 g/mol. The van der Waals surface area contributed by atoms with Crippen LogP contribution in [0.3, 0.4) is 0 Å². The quantitative estimate of drug-likeness (QED) is 0.785. The number of hydrogen-bond acceptors (Lipinski definition) is 4. The molecule has 17 heavy (non-hydrogen) atoms. The Labute approximate surface area is 99.4 Å². The van der Waals surface area contributed by atoms with Crippen molar-refractivity contribution in [1.82, 2.24) is 4.98 Å². The van der Waals surface area contributed by atoms with Crippen molar-refractivity contribution in [2.75, 3.05) is 7.11 Å². The molecule has 92 valence electrons. The van der Waals surface area contributed by atoms with E-state index < -0.39 is 17.9 Å². The van der Waals surface area contributed by atoms with E-state index in [-0.39, 0.29) is 12.8 Å². The Morgan fingerprint density at radius 2 is 2.12 bits per heavy atom. The second-order valence-corrected chi connectivity index (χ2v) is 3.78. The van der Waals surface area contributed by atoms with Gasteiger partial charge in [0.2, 0.25) is 0 Å². The van der Waals surface area contributed by atoms with Crippen molar-refractivity contribution in [3.63, 3.8) is 0 Å². The maximum absolute atomic E-state index is 11.2. The van der Waals surface area contributed by atoms with Crippen LogP contribution in [0.15, 0.2) is 18.2 Å². The number of carboxylic acids is 1. The summed E-state index contributed by atoms with van der Waals surface area (Å²) in [5.74, 6) is -1.83. The van der Waals surface area contributed by atoms with E-state index in [4.69, 9.17) is 5.11 Å². The molecular formula is C12H15NO4. The molecule has 0 aliphatic heterocycles. The number of aliphatic carboxylic acids is 1. The number of carbonyl (C=O) groups excluding carboxylic acids is 1. The summed E-state index contributed by atoms with van der Waals surface area (Å²) in [5.41, 5.74) is 1.40. The van der Waals surface area contributed by atoms with Crippen LogP contribution >= 0.6 is 0 Å². The Bertz CT molecular complexity index is 417. The van der Waals surface area contributed by atoms with Crippen molar-refractivity contribution in [1.29, 1.82) is 0 Å². The van der Waals surface area contributed by atoms with E-state index in [2.05, 4.69) is 9.72 Å². The highest BCUT2D eigenvalue weighted by Gasteiger charge is 2.20. The van der Waals surface area contributed by atoms with Crippen LogP contribution in [0.2, 0.25) is 0 Å². The summed E-state index contributed by atoms with van der Waals surface area (Å²) in [7, 11) is 1.28. The number of aromatic nitrogens is 1. The molecule has 5 nitrogen and oxygen atoms in total. The average Bonchev–Trinajstić information content (AvgIpc) is 2.27. The fraction of sp³-hybridized carbons (Fsp3) is 0.417. The number of rotatable bonds is 5. The lowest BCUT2D eigenvalue weighted by Crippen LogP contribution is -2.14. The predicted molar refractivity (Wildman–Crippen MR) is 60.6 cm³/mol. The second kappa shape index (κ2) is 5.98. The summed E-state index contributed by atoms with van der Waals surface area (Å²) in [6, 6.07) is 5.34. The van der Waals surface area contributed by atoms with Crippen LogP contribution in [0, 0.1) is 6.92 Å². The van der Waals surface area contributed by atoms with Gasteiger partial charge in [-0.1, -0.05) is 6.07 Å². The van der Waals surface area contributed by atoms with Gasteiger partial charge in [0.1, 0.15) is 0 Å². The molecule has 1 aromatic rings. The number of esters is 1. The lowest BCUT2D eigenvalue weighted by Gasteiger charge is -2.13. The molecule has 0 aromatic carbocycles. The smallest absolute Gasteiger partial charge is 0.306 e. The first-order chi connectivity index (χ1) is 8.02. The standard InChI is InChI=1S/C12H15NO4/c1-8-4-3-5-10(13-8)9(6-11(14)15)7-12(16)17-2/h3-5,9H,6-7H2,1-2H3,(H,14,15). The van der Waals surface area contributed by atoms with Gasteiger partial charge in [0, 0.05) is 17.3 Å². The Morgan fingerprint density at radius 3 is 2.65 bits per heavy atom. The van der Waals surface area contributed by atoms with Gasteiger partial charge in [-0.05, 0) is 19.1 Å². The molecule has 0 fully saturated rings. The summed E-state index contributed by atoms with van der Waals surface area (Å²) in [6.07, 6.45) is -0.106. The molecule has 0 saturated carbocycles. The van der Waals surface area contributed by atoms with Crippen molar-refractivity contribution in [2.24, 2.45) is 0 Å². The summed E-state index contributed by atoms with van der Waals surface area (Å²) in [5, 5.41) is 8.82. The molecule has 0 radical (unpaired) electrons. The summed E-state index contributed by atoms with van der Waals surface area (Å²) in [4.78, 5) is 26.2. The van der Waals surface area contributed by atoms with Gasteiger partial charge >= 0.3 is 11.9 Å². The van der Waals surface area contributed by atoms with Gasteiger partial charge in [-0.25, -0.2) is 0 Å². The van der Waals surface area contributed by atoms with Crippen molar-refractivity contribution < 1.29 is 19.4 Å². The fourth-order valence-corrected chi connectivity index (χ4v) is 1.57. The predicted octanol–water partition coefficient (Wildman–Crippen LogP) is 1.51. The number of ether oxygens (including phenoxy) is 1. The Balaban J connectivity index is 2.89. The van der Waals surface area contributed by atoms with Gasteiger partial charge in [-0.3, -0.25) is 14.6 Å². The van der Waals surface area contributed by atoms with E-state index in [9.17, 15) is 9.59 Å². The molecule has 0 spiro atoms. The topological polar surface area (TPSA) is 76.5 Å². The van der Waals surface area contributed by atoms with E-state index in [1.807, 2.05) is 13.0 Å². The van der Waals surface area contributed by atoms with E-state index in [1.54, 1.807) is 12.1 Å². The summed E-state index contributed by atoms with van der Waals surface area (Å²) >= 11 is 0. The number of hydrogen-bond donors (Lipinski definition) is 1. The van der Waals surface area contributed by atoms with Gasteiger partial charge in [0.15, 0.2) is 0 Å². The number of carboxylic acid groups (broad SMARTS) is 1. The minimum Gasteiger partial charge on any atom is -0.481 e. The molecule has 0 bridgehead atoms. The zero-order valence-electron chi connectivity index (χ0n) is 9.84. The minimum atomic E-state index is -0.956. The first kappa shape index (κ1) is 13.2. The molecule has 0 amide bonds. The first-order valence-electron chi connectivity index (χ1n) is 5.25. The van der Waals surface area contributed by atoms with E-state index >= 15 is 0 Å². The highest BCUT2D eigenvalue weighted by molar-refractivity contribution is 5.73. The number of aryl methyl sites for hydroxylation is 1. The van der Waals surface area contributed by atoms with Crippen LogP contribution < -0.4 is 0 Å². The fourth-order valence-electron chi connectivity index (χ4n) is 1.57. The van der Waals surface area contributed by atoms with Gasteiger partial charge in [-0.15, -0.1) is 0 Å². The van der Waals surface area contributed by atoms with E-state index in [1.165, 1.54) is 7.11 Å². The first-order valence-corrected chi connectivity index (χ1v) is 5.25. The van der Waals surface area contributed by atoms with E-state index in [0.29, 0.717) is 5.69 Å². The maximum Gasteiger partial charge on any atom is 0.306 e. The van der Waals surface area contributed by atoms with Gasteiger partial charge in [0.25, 0.3) is 0 Å². The average molecular weight is 237 g/mol. The number of methoxy groups -OCH3 is 1. The van der Waals surface area contributed by atoms with Crippen molar-refractivity contribution >= 4 is 11.9 Å². The van der Waals surface area contributed by atoms with Gasteiger partial charge < -0.3 is 9.84 Å². The third-order valence-electron chi connectivity index (χ3n) is 2.39. The molecular weight excluding hydrogens is 222 g/mol. The highest BCUT2D eigenvalue weighted by atomic mass is 16.5. The van der Waals surface area contributed by atoms with E-state index in [0.717, 1.165) is 5.69 Å². The number of pyridine rings is 1. The molecule has 0 aliphatic carbocycles. The van der Waals surface area contributed by atoms with Crippen molar-refractivity contribution in [3.05, 3.63) is 29.6 Å². The van der Waals surface area contributed by atoms with Crippen molar-refractivity contribution in [3.8, 4) is 0 Å². The van der Waals surface area contributed by atoms with Crippen LogP contribution in [0.25, 0.3) is 0 Å². The van der Waals surface area contributed by atoms with Crippen LogP contribution in [-0.4, -0.2) is 29.1 Å². The molecule has 1 atom stereocenters. The van der Waals surface area contributed by atoms with Crippen LogP contribution in [-0.2, 0) is 14.3 Å². The molecule has 1 N–H and O–H groups in total. The van der Waals surface area contributed by atoms with Crippen LogP contribution in [0.5, 0.6) is 0 Å². The lowest BCUT2D eigenvalue weighted by atomic mass is 9.97. The maximum atomic E-state index is 11.2. The number of nitrogens with zero attached hydrogens (tertiary/aromatic N) is 1.